The molecule has 2 atom stereocenters. The van der Waals surface area contributed by atoms with Crippen LogP contribution in [0.15, 0.2) is 18.3 Å². The molecule has 3 rings (SSSR count). The van der Waals surface area contributed by atoms with E-state index in [-0.39, 0.29) is 19.0 Å². The molecule has 6 nitrogen and oxygen atoms in total. The van der Waals surface area contributed by atoms with Crippen molar-refractivity contribution in [2.75, 3.05) is 26.2 Å². The van der Waals surface area contributed by atoms with Gasteiger partial charge in [-0.3, -0.25) is 4.79 Å². The summed E-state index contributed by atoms with van der Waals surface area (Å²) < 4.78 is 2.04. The van der Waals surface area contributed by atoms with Gasteiger partial charge >= 0.3 is 0 Å². The summed E-state index contributed by atoms with van der Waals surface area (Å²) in [4.78, 5) is 14.1. The molecule has 0 bridgehead atoms. The lowest BCUT2D eigenvalue weighted by molar-refractivity contribution is 0.0572. The van der Waals surface area contributed by atoms with Crippen LogP contribution in [0.3, 0.4) is 0 Å². The number of piperidine rings is 1. The van der Waals surface area contributed by atoms with Crippen LogP contribution in [0.5, 0.6) is 0 Å². The van der Waals surface area contributed by atoms with Crippen molar-refractivity contribution in [3.05, 3.63) is 24.0 Å². The molecule has 2 saturated heterocycles. The second-order valence-corrected chi connectivity index (χ2v) is 5.63. The van der Waals surface area contributed by atoms with Crippen LogP contribution in [0.25, 0.3) is 0 Å². The van der Waals surface area contributed by atoms with E-state index >= 15 is 0 Å². The highest BCUT2D eigenvalue weighted by atomic mass is 16.3. The number of β-amino-alcohol motifs (C(OH)–C–C–N with tert-alkyl or cyclic N) is 2. The topological polar surface area (TPSA) is 77.7 Å². The molecule has 1 aromatic heterocycles. The number of nitrogens with zero attached hydrogens (tertiary/aromatic N) is 2. The first-order valence-corrected chi connectivity index (χ1v) is 7.20. The molecular weight excluding hydrogens is 258 g/mol. The van der Waals surface area contributed by atoms with E-state index in [1.165, 1.54) is 4.90 Å². The van der Waals surface area contributed by atoms with Gasteiger partial charge in [-0.25, -0.2) is 0 Å². The Morgan fingerprint density at radius 3 is 2.50 bits per heavy atom. The molecule has 2 aliphatic heterocycles. The fourth-order valence-electron chi connectivity index (χ4n) is 3.08. The van der Waals surface area contributed by atoms with Crippen molar-refractivity contribution in [1.29, 1.82) is 0 Å². The minimum absolute atomic E-state index is 0.107. The largest absolute Gasteiger partial charge is 0.388 e. The zero-order valence-corrected chi connectivity index (χ0v) is 11.4. The highest BCUT2D eigenvalue weighted by Crippen LogP contribution is 2.23. The van der Waals surface area contributed by atoms with Crippen LogP contribution in [0.4, 0.5) is 0 Å². The fourth-order valence-corrected chi connectivity index (χ4v) is 3.08. The van der Waals surface area contributed by atoms with Gasteiger partial charge in [0, 0.05) is 25.3 Å². The Hall–Kier alpha value is -1.37. The summed E-state index contributed by atoms with van der Waals surface area (Å²) in [5.41, 5.74) is 0.651. The van der Waals surface area contributed by atoms with E-state index in [9.17, 15) is 15.0 Å². The monoisotopic (exact) mass is 279 g/mol. The summed E-state index contributed by atoms with van der Waals surface area (Å²) in [5, 5.41) is 22.5. The Balaban J connectivity index is 1.77. The SMILES string of the molecule is O=C(c1cccn1C1CCNCC1)N1CC(O)C(O)C1. The normalized spacial score (nSPS) is 28.0. The number of aromatic nitrogens is 1. The molecule has 20 heavy (non-hydrogen) atoms. The Kier molecular flexibility index (Phi) is 3.78. The van der Waals surface area contributed by atoms with Crippen LogP contribution in [-0.2, 0) is 0 Å². The maximum absolute atomic E-state index is 12.5. The van der Waals surface area contributed by atoms with Crippen LogP contribution in [0.2, 0.25) is 0 Å². The van der Waals surface area contributed by atoms with E-state index in [1.54, 1.807) is 0 Å². The predicted molar refractivity (Wildman–Crippen MR) is 73.5 cm³/mol. The molecule has 1 aromatic rings. The zero-order valence-electron chi connectivity index (χ0n) is 11.4. The molecule has 0 spiro atoms. The van der Waals surface area contributed by atoms with Gasteiger partial charge in [0.15, 0.2) is 0 Å². The number of carbonyl (C=O) groups is 1. The molecule has 0 aromatic carbocycles. The molecule has 2 fully saturated rings. The standard InChI is InChI=1S/C14H21N3O3/c18-12-8-16(9-13(12)19)14(20)11-2-1-7-17(11)10-3-5-15-6-4-10/h1-2,7,10,12-13,15,18-19H,3-6,8-9H2. The fraction of sp³-hybridized carbons (Fsp3) is 0.643. The molecule has 0 aliphatic carbocycles. The summed E-state index contributed by atoms with van der Waals surface area (Å²) in [6.07, 6.45) is 2.31. The van der Waals surface area contributed by atoms with Gasteiger partial charge in [0.05, 0.1) is 12.2 Å². The highest BCUT2D eigenvalue weighted by Gasteiger charge is 2.34. The number of rotatable bonds is 2. The van der Waals surface area contributed by atoms with Gasteiger partial charge in [0.2, 0.25) is 0 Å². The van der Waals surface area contributed by atoms with Gasteiger partial charge in [-0.05, 0) is 38.1 Å². The van der Waals surface area contributed by atoms with Crippen LogP contribution >= 0.6 is 0 Å². The average Bonchev–Trinajstić information content (AvgIpc) is 3.07. The molecule has 3 N–H and O–H groups in total. The van der Waals surface area contributed by atoms with Crippen molar-refractivity contribution in [1.82, 2.24) is 14.8 Å². The van der Waals surface area contributed by atoms with Gasteiger partial charge in [0.1, 0.15) is 5.69 Å². The summed E-state index contributed by atoms with van der Waals surface area (Å²) in [6.45, 7) is 2.35. The van der Waals surface area contributed by atoms with E-state index < -0.39 is 12.2 Å². The molecule has 2 aliphatic rings. The Morgan fingerprint density at radius 1 is 1.20 bits per heavy atom. The van der Waals surface area contributed by atoms with Crippen LogP contribution in [0, 0.1) is 0 Å². The summed E-state index contributed by atoms with van der Waals surface area (Å²) in [5.74, 6) is -0.107. The van der Waals surface area contributed by atoms with E-state index in [1.807, 2.05) is 22.9 Å². The van der Waals surface area contributed by atoms with Crippen LogP contribution < -0.4 is 5.32 Å². The first-order valence-electron chi connectivity index (χ1n) is 7.20. The number of hydrogen-bond acceptors (Lipinski definition) is 4. The minimum Gasteiger partial charge on any atom is -0.388 e. The number of amides is 1. The molecule has 2 unspecified atom stereocenters. The first kappa shape index (κ1) is 13.6. The predicted octanol–water partition coefficient (Wildman–Crippen LogP) is -0.410. The van der Waals surface area contributed by atoms with Gasteiger partial charge in [0.25, 0.3) is 5.91 Å². The lowest BCUT2D eigenvalue weighted by Crippen LogP contribution is -2.34. The summed E-state index contributed by atoms with van der Waals surface area (Å²) >= 11 is 0. The lowest BCUT2D eigenvalue weighted by atomic mass is 10.1. The Labute approximate surface area is 118 Å². The van der Waals surface area contributed by atoms with E-state index in [2.05, 4.69) is 5.32 Å². The van der Waals surface area contributed by atoms with Crippen molar-refractivity contribution >= 4 is 5.91 Å². The number of aliphatic hydroxyl groups is 2. The molecular formula is C14H21N3O3. The van der Waals surface area contributed by atoms with Crippen molar-refractivity contribution < 1.29 is 15.0 Å². The minimum atomic E-state index is -0.832. The molecule has 110 valence electrons. The van der Waals surface area contributed by atoms with Crippen molar-refractivity contribution in [2.45, 2.75) is 31.1 Å². The smallest absolute Gasteiger partial charge is 0.270 e. The highest BCUT2D eigenvalue weighted by molar-refractivity contribution is 5.93. The van der Waals surface area contributed by atoms with E-state index in [4.69, 9.17) is 0 Å². The molecule has 0 radical (unpaired) electrons. The van der Waals surface area contributed by atoms with Crippen molar-refractivity contribution in [2.24, 2.45) is 0 Å². The lowest BCUT2D eigenvalue weighted by Gasteiger charge is -2.27. The molecule has 1 amide bonds. The third kappa shape index (κ3) is 2.46. The maximum atomic E-state index is 12.5. The van der Waals surface area contributed by atoms with E-state index in [0.717, 1.165) is 25.9 Å². The average molecular weight is 279 g/mol. The summed E-state index contributed by atoms with van der Waals surface area (Å²) in [6, 6.07) is 4.06. The molecule has 0 saturated carbocycles. The number of likely N-dealkylation sites (tertiary alicyclic amines) is 1. The van der Waals surface area contributed by atoms with Gasteiger partial charge < -0.3 is 25.0 Å². The van der Waals surface area contributed by atoms with Crippen molar-refractivity contribution in [3.63, 3.8) is 0 Å². The van der Waals surface area contributed by atoms with Crippen LogP contribution in [-0.4, -0.2) is 64.0 Å². The van der Waals surface area contributed by atoms with Crippen LogP contribution in [0.1, 0.15) is 29.4 Å². The number of aliphatic hydroxyl groups excluding tert-OH is 2. The van der Waals surface area contributed by atoms with Crippen molar-refractivity contribution in [3.8, 4) is 0 Å². The quantitative estimate of drug-likeness (QED) is 0.688. The number of nitrogens with one attached hydrogen (secondary N) is 1. The second-order valence-electron chi connectivity index (χ2n) is 5.63. The first-order chi connectivity index (χ1) is 9.66. The van der Waals surface area contributed by atoms with Gasteiger partial charge in [-0.15, -0.1) is 0 Å². The number of carbonyl (C=O) groups excluding carboxylic acids is 1. The molecule has 6 heteroatoms. The molecule has 3 heterocycles. The third-order valence-corrected chi connectivity index (χ3v) is 4.25. The Bertz CT molecular complexity index is 472. The summed E-state index contributed by atoms with van der Waals surface area (Å²) in [7, 11) is 0. The Morgan fingerprint density at radius 2 is 1.85 bits per heavy atom. The number of hydrogen-bond donors (Lipinski definition) is 3. The van der Waals surface area contributed by atoms with Gasteiger partial charge in [-0.1, -0.05) is 0 Å². The second kappa shape index (κ2) is 5.55. The zero-order chi connectivity index (χ0) is 14.1. The van der Waals surface area contributed by atoms with Gasteiger partial charge in [-0.2, -0.15) is 0 Å². The van der Waals surface area contributed by atoms with E-state index in [0.29, 0.717) is 11.7 Å². The third-order valence-electron chi connectivity index (χ3n) is 4.25. The maximum Gasteiger partial charge on any atom is 0.270 e.